The van der Waals surface area contributed by atoms with E-state index < -0.39 is 29.1 Å². The van der Waals surface area contributed by atoms with E-state index in [-0.39, 0.29) is 23.8 Å². The van der Waals surface area contributed by atoms with Gasteiger partial charge in [-0.1, -0.05) is 6.07 Å². The highest BCUT2D eigenvalue weighted by Gasteiger charge is 2.34. The Bertz CT molecular complexity index is 1220. The third kappa shape index (κ3) is 4.45. The third-order valence-electron chi connectivity index (χ3n) is 4.86. The molecule has 4 N–H and O–H groups in total. The molecule has 2 amide bonds. The minimum absolute atomic E-state index is 0.0187. The molecule has 1 aliphatic heterocycles. The molecular formula is C22H20FN5O3. The van der Waals surface area contributed by atoms with E-state index in [4.69, 9.17) is 0 Å². The zero-order chi connectivity index (χ0) is 22.1. The topological polar surface area (TPSA) is 116 Å². The maximum Gasteiger partial charge on any atom is 0.258 e. The molecule has 4 rings (SSSR count). The van der Waals surface area contributed by atoms with Crippen LogP contribution in [-0.2, 0) is 9.59 Å². The number of nitrogens with zero attached hydrogens (tertiary/aromatic N) is 1. The first-order valence-corrected chi connectivity index (χ1v) is 9.64. The lowest BCUT2D eigenvalue weighted by Gasteiger charge is -2.23. The predicted octanol–water partition coefficient (Wildman–Crippen LogP) is 3.33. The number of benzene rings is 2. The second-order valence-electron chi connectivity index (χ2n) is 7.48. The lowest BCUT2D eigenvalue weighted by molar-refractivity contribution is -0.123. The van der Waals surface area contributed by atoms with Crippen molar-refractivity contribution in [3.05, 3.63) is 75.3 Å². The SMILES string of the molecule is Cc1cc(C)cc(NC(=O)C2CC(=O)Nc3nc(Nc4ccc(F)cc4)[nH]c(=O)c32)c1. The average Bonchev–Trinajstić information content (AvgIpc) is 2.68. The van der Waals surface area contributed by atoms with Crippen molar-refractivity contribution in [3.8, 4) is 0 Å². The first-order chi connectivity index (χ1) is 14.8. The molecule has 2 aromatic carbocycles. The number of nitrogens with one attached hydrogen (secondary N) is 4. The van der Waals surface area contributed by atoms with Crippen molar-refractivity contribution in [1.82, 2.24) is 9.97 Å². The van der Waals surface area contributed by atoms with Crippen LogP contribution in [0.15, 0.2) is 47.3 Å². The number of aromatic nitrogens is 2. The van der Waals surface area contributed by atoms with Gasteiger partial charge >= 0.3 is 0 Å². The summed E-state index contributed by atoms with van der Waals surface area (Å²) in [6.45, 7) is 3.83. The lowest BCUT2D eigenvalue weighted by Crippen LogP contribution is -2.36. The predicted molar refractivity (Wildman–Crippen MR) is 115 cm³/mol. The summed E-state index contributed by atoms with van der Waals surface area (Å²) in [5, 5.41) is 8.19. The number of aryl methyl sites for hydroxylation is 2. The van der Waals surface area contributed by atoms with Crippen molar-refractivity contribution in [3.63, 3.8) is 0 Å². The first kappa shape index (κ1) is 20.3. The van der Waals surface area contributed by atoms with Gasteiger partial charge in [-0.3, -0.25) is 19.4 Å². The standard InChI is InChI=1S/C22H20FN5O3/c1-11-7-12(2)9-15(8-11)24-20(30)16-10-17(29)26-19-18(16)21(31)28-22(27-19)25-14-5-3-13(23)4-6-14/h3-9,16H,10H2,1-2H3,(H,24,30)(H3,25,26,27,28,29,31). The van der Waals surface area contributed by atoms with Crippen LogP contribution in [0.3, 0.4) is 0 Å². The molecule has 31 heavy (non-hydrogen) atoms. The summed E-state index contributed by atoms with van der Waals surface area (Å²) in [4.78, 5) is 44.7. The van der Waals surface area contributed by atoms with Crippen LogP contribution < -0.4 is 21.5 Å². The van der Waals surface area contributed by atoms with Gasteiger partial charge in [0.25, 0.3) is 5.56 Å². The fourth-order valence-corrected chi connectivity index (χ4v) is 3.60. The molecule has 2 heterocycles. The fourth-order valence-electron chi connectivity index (χ4n) is 3.60. The van der Waals surface area contributed by atoms with Crippen LogP contribution in [0.4, 0.5) is 27.5 Å². The van der Waals surface area contributed by atoms with Gasteiger partial charge in [0, 0.05) is 17.8 Å². The van der Waals surface area contributed by atoms with Gasteiger partial charge in [0.05, 0.1) is 11.5 Å². The number of amides is 2. The number of rotatable bonds is 4. The van der Waals surface area contributed by atoms with Gasteiger partial charge in [0.15, 0.2) is 0 Å². The number of carbonyl (C=O) groups excluding carboxylic acids is 2. The van der Waals surface area contributed by atoms with E-state index in [1.165, 1.54) is 24.3 Å². The fraction of sp³-hybridized carbons (Fsp3) is 0.182. The molecule has 3 aromatic rings. The summed E-state index contributed by atoms with van der Waals surface area (Å²) in [7, 11) is 0. The van der Waals surface area contributed by atoms with Crippen molar-refractivity contribution in [2.45, 2.75) is 26.2 Å². The molecule has 0 aliphatic carbocycles. The monoisotopic (exact) mass is 421 g/mol. The lowest BCUT2D eigenvalue weighted by atomic mass is 9.92. The summed E-state index contributed by atoms with van der Waals surface area (Å²) in [5.41, 5.74) is 2.59. The molecule has 1 unspecified atom stereocenters. The van der Waals surface area contributed by atoms with Crippen LogP contribution in [0.5, 0.6) is 0 Å². The number of hydrogen-bond donors (Lipinski definition) is 4. The molecule has 0 bridgehead atoms. The third-order valence-corrected chi connectivity index (χ3v) is 4.86. The number of H-pyrrole nitrogens is 1. The van der Waals surface area contributed by atoms with Crippen LogP contribution in [0.25, 0.3) is 0 Å². The van der Waals surface area contributed by atoms with Gasteiger partial charge < -0.3 is 16.0 Å². The van der Waals surface area contributed by atoms with Crippen LogP contribution >= 0.6 is 0 Å². The molecule has 158 valence electrons. The van der Waals surface area contributed by atoms with Crippen molar-refractivity contribution >= 4 is 35.0 Å². The Morgan fingerprint density at radius 2 is 1.74 bits per heavy atom. The van der Waals surface area contributed by atoms with E-state index in [2.05, 4.69) is 25.9 Å². The largest absolute Gasteiger partial charge is 0.326 e. The van der Waals surface area contributed by atoms with E-state index in [1.807, 2.05) is 32.0 Å². The van der Waals surface area contributed by atoms with Crippen molar-refractivity contribution in [2.24, 2.45) is 0 Å². The van der Waals surface area contributed by atoms with E-state index >= 15 is 0 Å². The molecule has 1 aromatic heterocycles. The molecule has 0 radical (unpaired) electrons. The summed E-state index contributed by atoms with van der Waals surface area (Å²) in [5.74, 6) is -2.19. The number of fused-ring (bicyclic) bond motifs is 1. The second-order valence-corrected chi connectivity index (χ2v) is 7.48. The number of halogens is 1. The molecule has 8 nitrogen and oxygen atoms in total. The van der Waals surface area contributed by atoms with Crippen LogP contribution in [0.1, 0.15) is 29.0 Å². The van der Waals surface area contributed by atoms with Crippen LogP contribution in [0, 0.1) is 19.7 Å². The van der Waals surface area contributed by atoms with Crippen LogP contribution in [-0.4, -0.2) is 21.8 Å². The highest BCUT2D eigenvalue weighted by molar-refractivity contribution is 6.04. The smallest absolute Gasteiger partial charge is 0.258 e. The summed E-state index contributed by atoms with van der Waals surface area (Å²) in [6, 6.07) is 11.1. The zero-order valence-electron chi connectivity index (χ0n) is 16.9. The normalized spacial score (nSPS) is 15.1. The number of aromatic amines is 1. The van der Waals surface area contributed by atoms with Crippen molar-refractivity contribution in [2.75, 3.05) is 16.0 Å². The van der Waals surface area contributed by atoms with Gasteiger partial charge in [-0.05, 0) is 61.4 Å². The van der Waals surface area contributed by atoms with Gasteiger partial charge in [-0.2, -0.15) is 4.98 Å². The van der Waals surface area contributed by atoms with Crippen molar-refractivity contribution in [1.29, 1.82) is 0 Å². The molecule has 0 saturated heterocycles. The Morgan fingerprint density at radius 3 is 2.42 bits per heavy atom. The second kappa shape index (κ2) is 8.02. The highest BCUT2D eigenvalue weighted by Crippen LogP contribution is 2.30. The molecular weight excluding hydrogens is 401 g/mol. The molecule has 1 aliphatic rings. The van der Waals surface area contributed by atoms with E-state index in [1.54, 1.807) is 0 Å². The first-order valence-electron chi connectivity index (χ1n) is 9.64. The molecule has 1 atom stereocenters. The molecule has 0 fully saturated rings. The summed E-state index contributed by atoms with van der Waals surface area (Å²) >= 11 is 0. The quantitative estimate of drug-likeness (QED) is 0.516. The Labute approximate surface area is 176 Å². The molecule has 0 saturated carbocycles. The Morgan fingerprint density at radius 1 is 1.06 bits per heavy atom. The van der Waals surface area contributed by atoms with Gasteiger partial charge in [0.1, 0.15) is 11.6 Å². The minimum atomic E-state index is -0.985. The van der Waals surface area contributed by atoms with Gasteiger partial charge in [0.2, 0.25) is 17.8 Å². The van der Waals surface area contributed by atoms with Gasteiger partial charge in [-0.15, -0.1) is 0 Å². The Kier molecular flexibility index (Phi) is 5.24. The van der Waals surface area contributed by atoms with Gasteiger partial charge in [-0.25, -0.2) is 4.39 Å². The van der Waals surface area contributed by atoms with Crippen molar-refractivity contribution < 1.29 is 14.0 Å². The zero-order valence-corrected chi connectivity index (χ0v) is 16.9. The molecule has 0 spiro atoms. The van der Waals surface area contributed by atoms with E-state index in [0.717, 1.165) is 11.1 Å². The molecule has 9 heteroatoms. The van der Waals surface area contributed by atoms with E-state index in [0.29, 0.717) is 11.4 Å². The Hall–Kier alpha value is -4.01. The summed E-state index contributed by atoms with van der Waals surface area (Å²) in [6.07, 6.45) is -0.168. The maximum absolute atomic E-state index is 13.1. The highest BCUT2D eigenvalue weighted by atomic mass is 19.1. The number of hydrogen-bond acceptors (Lipinski definition) is 5. The minimum Gasteiger partial charge on any atom is -0.326 e. The number of anilines is 4. The summed E-state index contributed by atoms with van der Waals surface area (Å²) < 4.78 is 13.1. The number of carbonyl (C=O) groups is 2. The maximum atomic E-state index is 13.1. The Balaban J connectivity index is 1.64. The van der Waals surface area contributed by atoms with E-state index in [9.17, 15) is 18.8 Å². The van der Waals surface area contributed by atoms with Crippen LogP contribution in [0.2, 0.25) is 0 Å². The average molecular weight is 421 g/mol.